The molecule has 0 aliphatic carbocycles. The lowest BCUT2D eigenvalue weighted by molar-refractivity contribution is -0.384. The van der Waals surface area contributed by atoms with Gasteiger partial charge in [0.25, 0.3) is 5.69 Å². The summed E-state index contributed by atoms with van der Waals surface area (Å²) in [4.78, 5) is 48.0. The fraction of sp³-hybridized carbons (Fsp3) is 0.192. The van der Waals surface area contributed by atoms with Crippen molar-refractivity contribution in [2.45, 2.75) is 31.3 Å². The van der Waals surface area contributed by atoms with Gasteiger partial charge in [-0.3, -0.25) is 19.7 Å². The van der Waals surface area contributed by atoms with Gasteiger partial charge in [-0.2, -0.15) is 0 Å². The predicted octanol–water partition coefficient (Wildman–Crippen LogP) is 2.82. The number of nitro groups is 1. The number of hydrogen-bond donors (Lipinski definition) is 3. The zero-order valence-corrected chi connectivity index (χ0v) is 19.1. The summed E-state index contributed by atoms with van der Waals surface area (Å²) < 4.78 is 13.2. The number of nitro benzene ring substituents is 1. The van der Waals surface area contributed by atoms with Crippen molar-refractivity contribution in [1.82, 2.24) is 10.6 Å². The molecule has 2 amide bonds. The second kappa shape index (κ2) is 12.2. The summed E-state index contributed by atoms with van der Waals surface area (Å²) in [5.74, 6) is -2.95. The molecular formula is C26H24FN3O6. The first-order valence-electron chi connectivity index (χ1n) is 11.1. The summed E-state index contributed by atoms with van der Waals surface area (Å²) in [5.41, 5.74) is 1.64. The van der Waals surface area contributed by atoms with Crippen LogP contribution in [-0.2, 0) is 33.6 Å². The Morgan fingerprint density at radius 2 is 1.36 bits per heavy atom. The zero-order chi connectivity index (χ0) is 26.1. The second-order valence-electron chi connectivity index (χ2n) is 8.14. The Bertz CT molecular complexity index is 1220. The minimum absolute atomic E-state index is 0.00280. The monoisotopic (exact) mass is 493 g/mol. The van der Waals surface area contributed by atoms with E-state index < -0.39 is 40.6 Å². The molecule has 2 atom stereocenters. The van der Waals surface area contributed by atoms with E-state index in [4.69, 9.17) is 0 Å². The van der Waals surface area contributed by atoms with E-state index in [1.165, 1.54) is 48.5 Å². The van der Waals surface area contributed by atoms with Crippen molar-refractivity contribution in [1.29, 1.82) is 0 Å². The third-order valence-corrected chi connectivity index (χ3v) is 5.41. The first kappa shape index (κ1) is 26.0. The number of carbonyl (C=O) groups excluding carboxylic acids is 2. The van der Waals surface area contributed by atoms with Crippen LogP contribution in [0, 0.1) is 15.9 Å². The molecule has 0 saturated heterocycles. The first-order valence-corrected chi connectivity index (χ1v) is 11.1. The van der Waals surface area contributed by atoms with Gasteiger partial charge in [-0.05, 0) is 28.8 Å². The van der Waals surface area contributed by atoms with Crippen LogP contribution in [0.15, 0.2) is 78.9 Å². The number of carboxylic acid groups (broad SMARTS) is 1. The van der Waals surface area contributed by atoms with E-state index >= 15 is 0 Å². The summed E-state index contributed by atoms with van der Waals surface area (Å²) in [7, 11) is 0. The molecule has 186 valence electrons. The van der Waals surface area contributed by atoms with Crippen LogP contribution in [0.2, 0.25) is 0 Å². The Morgan fingerprint density at radius 3 is 1.92 bits per heavy atom. The second-order valence-corrected chi connectivity index (χ2v) is 8.14. The molecule has 3 N–H and O–H groups in total. The van der Waals surface area contributed by atoms with Crippen LogP contribution in [0.3, 0.4) is 0 Å². The molecule has 3 aromatic carbocycles. The van der Waals surface area contributed by atoms with Crippen molar-refractivity contribution in [3.63, 3.8) is 0 Å². The van der Waals surface area contributed by atoms with Gasteiger partial charge in [0.05, 0.1) is 11.3 Å². The SMILES string of the molecule is O=C(Cc1ccccc1)N[C@@H](Cc1ccc([N+](=O)[O-])cc1)C(=O)N[C@@H](Cc1ccc(F)cc1)C(=O)O. The van der Waals surface area contributed by atoms with Crippen LogP contribution in [0.4, 0.5) is 10.1 Å². The Labute approximate surface area is 206 Å². The van der Waals surface area contributed by atoms with Crippen molar-refractivity contribution >= 4 is 23.5 Å². The molecule has 3 rings (SSSR count). The zero-order valence-electron chi connectivity index (χ0n) is 19.1. The third-order valence-electron chi connectivity index (χ3n) is 5.41. The molecule has 0 fully saturated rings. The van der Waals surface area contributed by atoms with E-state index in [-0.39, 0.29) is 24.9 Å². The summed E-state index contributed by atoms with van der Waals surface area (Å²) in [6, 6.07) is 17.1. The number of halogens is 1. The van der Waals surface area contributed by atoms with Crippen molar-refractivity contribution in [2.75, 3.05) is 0 Å². The number of amides is 2. The summed E-state index contributed by atoms with van der Waals surface area (Å²) in [5, 5.41) is 25.6. The lowest BCUT2D eigenvalue weighted by Crippen LogP contribution is -2.53. The summed E-state index contributed by atoms with van der Waals surface area (Å²) in [6.07, 6.45) is -0.111. The topological polar surface area (TPSA) is 139 Å². The Hall–Kier alpha value is -4.60. The number of benzene rings is 3. The number of non-ortho nitro benzene ring substituents is 1. The molecule has 0 heterocycles. The largest absolute Gasteiger partial charge is 0.480 e. The van der Waals surface area contributed by atoms with Crippen molar-refractivity contribution in [3.05, 3.63) is 111 Å². The molecule has 10 heteroatoms. The molecule has 0 unspecified atom stereocenters. The molecule has 9 nitrogen and oxygen atoms in total. The highest BCUT2D eigenvalue weighted by atomic mass is 19.1. The molecular weight excluding hydrogens is 469 g/mol. The van der Waals surface area contributed by atoms with E-state index in [9.17, 15) is 34.0 Å². The normalized spacial score (nSPS) is 12.2. The van der Waals surface area contributed by atoms with E-state index in [1.807, 2.05) is 0 Å². The maximum atomic E-state index is 13.2. The van der Waals surface area contributed by atoms with Gasteiger partial charge in [-0.15, -0.1) is 0 Å². The van der Waals surface area contributed by atoms with Crippen molar-refractivity contribution in [2.24, 2.45) is 0 Å². The molecule has 0 spiro atoms. The average Bonchev–Trinajstić information content (AvgIpc) is 2.85. The molecule has 0 saturated carbocycles. The molecule has 0 aliphatic heterocycles. The summed E-state index contributed by atoms with van der Waals surface area (Å²) in [6.45, 7) is 0. The highest BCUT2D eigenvalue weighted by Crippen LogP contribution is 2.14. The summed E-state index contributed by atoms with van der Waals surface area (Å²) >= 11 is 0. The van der Waals surface area contributed by atoms with Gasteiger partial charge in [0.1, 0.15) is 17.9 Å². The molecule has 0 aromatic heterocycles. The fourth-order valence-electron chi connectivity index (χ4n) is 3.55. The van der Waals surface area contributed by atoms with E-state index in [2.05, 4.69) is 10.6 Å². The Balaban J connectivity index is 1.76. The average molecular weight is 493 g/mol. The highest BCUT2D eigenvalue weighted by Gasteiger charge is 2.27. The van der Waals surface area contributed by atoms with Gasteiger partial charge in [0.15, 0.2) is 0 Å². The Morgan fingerprint density at radius 1 is 0.806 bits per heavy atom. The van der Waals surface area contributed by atoms with Crippen LogP contribution in [0.5, 0.6) is 0 Å². The molecule has 0 radical (unpaired) electrons. The lowest BCUT2D eigenvalue weighted by atomic mass is 10.0. The van der Waals surface area contributed by atoms with E-state index in [0.717, 1.165) is 5.56 Å². The van der Waals surface area contributed by atoms with Crippen LogP contribution in [-0.4, -0.2) is 39.9 Å². The maximum absolute atomic E-state index is 13.2. The number of nitrogens with one attached hydrogen (secondary N) is 2. The number of aliphatic carboxylic acids is 1. The third kappa shape index (κ3) is 7.73. The van der Waals surface area contributed by atoms with E-state index in [0.29, 0.717) is 11.1 Å². The van der Waals surface area contributed by atoms with Gasteiger partial charge in [-0.25, -0.2) is 9.18 Å². The van der Waals surface area contributed by atoms with Gasteiger partial charge < -0.3 is 15.7 Å². The maximum Gasteiger partial charge on any atom is 0.326 e. The number of rotatable bonds is 11. The van der Waals surface area contributed by atoms with Crippen LogP contribution >= 0.6 is 0 Å². The number of nitrogens with zero attached hydrogens (tertiary/aromatic N) is 1. The number of hydrogen-bond acceptors (Lipinski definition) is 5. The quantitative estimate of drug-likeness (QED) is 0.277. The van der Waals surface area contributed by atoms with Gasteiger partial charge >= 0.3 is 5.97 Å². The van der Waals surface area contributed by atoms with E-state index in [1.54, 1.807) is 30.3 Å². The minimum atomic E-state index is -1.33. The molecule has 0 aliphatic rings. The minimum Gasteiger partial charge on any atom is -0.480 e. The number of carbonyl (C=O) groups is 3. The standard InChI is InChI=1S/C26H24FN3O6/c27-20-10-6-18(7-11-20)15-23(26(33)34)29-25(32)22(14-19-8-12-21(13-9-19)30(35)36)28-24(31)16-17-4-2-1-3-5-17/h1-13,22-23H,14-16H2,(H,28,31)(H,29,32)(H,33,34)/t22-,23-/m0/s1. The van der Waals surface area contributed by atoms with Gasteiger partial charge in [0.2, 0.25) is 11.8 Å². The smallest absolute Gasteiger partial charge is 0.326 e. The lowest BCUT2D eigenvalue weighted by Gasteiger charge is -2.22. The van der Waals surface area contributed by atoms with Crippen LogP contribution in [0.1, 0.15) is 16.7 Å². The molecule has 0 bridgehead atoms. The van der Waals surface area contributed by atoms with Crippen molar-refractivity contribution in [3.8, 4) is 0 Å². The predicted molar refractivity (Wildman–Crippen MR) is 129 cm³/mol. The van der Waals surface area contributed by atoms with Gasteiger partial charge in [0, 0.05) is 25.0 Å². The first-order chi connectivity index (χ1) is 17.2. The fourth-order valence-corrected chi connectivity index (χ4v) is 3.55. The molecule has 3 aromatic rings. The van der Waals surface area contributed by atoms with Gasteiger partial charge in [-0.1, -0.05) is 54.6 Å². The van der Waals surface area contributed by atoms with Crippen molar-refractivity contribution < 1.29 is 28.8 Å². The highest BCUT2D eigenvalue weighted by molar-refractivity contribution is 5.91. The van der Waals surface area contributed by atoms with Crippen LogP contribution < -0.4 is 10.6 Å². The molecule has 36 heavy (non-hydrogen) atoms. The number of carboxylic acids is 1. The van der Waals surface area contributed by atoms with Crippen LogP contribution in [0.25, 0.3) is 0 Å². The Kier molecular flexibility index (Phi) is 8.82.